The largest absolute Gasteiger partial charge is 0.484 e. The zero-order chi connectivity index (χ0) is 17.5. The number of piperidine rings is 1. The van der Waals surface area contributed by atoms with E-state index in [0.29, 0.717) is 0 Å². The molecular weight excluding hydrogens is 312 g/mol. The Labute approximate surface area is 151 Å². The van der Waals surface area contributed by atoms with Gasteiger partial charge >= 0.3 is 0 Å². The van der Waals surface area contributed by atoms with Crippen molar-refractivity contribution in [3.05, 3.63) is 29.3 Å². The first-order valence-corrected chi connectivity index (χ1v) is 9.94. The molecule has 3 rings (SSSR count). The van der Waals surface area contributed by atoms with Gasteiger partial charge in [0.05, 0.1) is 0 Å². The van der Waals surface area contributed by atoms with Crippen LogP contribution in [0.5, 0.6) is 5.75 Å². The predicted molar refractivity (Wildman–Crippen MR) is 101 cm³/mol. The number of nitrogens with zero attached hydrogens (tertiary/aromatic N) is 1. The molecule has 1 fully saturated rings. The molecule has 0 aromatic heterocycles. The van der Waals surface area contributed by atoms with Gasteiger partial charge in [-0.1, -0.05) is 13.0 Å². The molecule has 0 radical (unpaired) electrons. The number of ether oxygens (including phenoxy) is 1. The number of carbonyl (C=O) groups is 1. The Morgan fingerprint density at radius 3 is 2.76 bits per heavy atom. The van der Waals surface area contributed by atoms with Crippen LogP contribution in [0.2, 0.25) is 0 Å². The van der Waals surface area contributed by atoms with Crippen LogP contribution in [0.3, 0.4) is 0 Å². The van der Waals surface area contributed by atoms with Crippen LogP contribution in [0, 0.1) is 5.92 Å². The van der Waals surface area contributed by atoms with E-state index < -0.39 is 0 Å². The van der Waals surface area contributed by atoms with Crippen LogP contribution in [0.15, 0.2) is 18.2 Å². The first kappa shape index (κ1) is 18.2. The van der Waals surface area contributed by atoms with Gasteiger partial charge in [0.2, 0.25) is 0 Å². The molecule has 1 aliphatic carbocycles. The second-order valence-corrected chi connectivity index (χ2v) is 7.65. The van der Waals surface area contributed by atoms with Crippen molar-refractivity contribution in [3.8, 4) is 5.75 Å². The lowest BCUT2D eigenvalue weighted by Gasteiger charge is -2.30. The first-order chi connectivity index (χ1) is 12.2. The van der Waals surface area contributed by atoms with Gasteiger partial charge in [-0.05, 0) is 93.8 Å². The summed E-state index contributed by atoms with van der Waals surface area (Å²) in [6.45, 7) is 6.67. The van der Waals surface area contributed by atoms with E-state index in [1.165, 1.54) is 56.3 Å². The van der Waals surface area contributed by atoms with Gasteiger partial charge in [0.25, 0.3) is 5.91 Å². The van der Waals surface area contributed by atoms with Crippen molar-refractivity contribution < 1.29 is 9.53 Å². The van der Waals surface area contributed by atoms with E-state index in [0.717, 1.165) is 37.6 Å². The Bertz CT molecular complexity index is 565. The van der Waals surface area contributed by atoms with Gasteiger partial charge in [0, 0.05) is 6.54 Å². The van der Waals surface area contributed by atoms with E-state index in [4.69, 9.17) is 4.74 Å². The van der Waals surface area contributed by atoms with E-state index in [9.17, 15) is 4.79 Å². The summed E-state index contributed by atoms with van der Waals surface area (Å²) >= 11 is 0. The number of likely N-dealkylation sites (tertiary alicyclic amines) is 1. The minimum absolute atomic E-state index is 0.0232. The van der Waals surface area contributed by atoms with Crippen molar-refractivity contribution in [3.63, 3.8) is 0 Å². The molecule has 1 saturated heterocycles. The number of carbonyl (C=O) groups excluding carboxylic acids is 1. The molecule has 1 aromatic rings. The quantitative estimate of drug-likeness (QED) is 0.773. The number of benzene rings is 1. The molecule has 1 aliphatic heterocycles. The molecule has 138 valence electrons. The highest BCUT2D eigenvalue weighted by atomic mass is 16.5. The fraction of sp³-hybridized carbons (Fsp3) is 0.667. The van der Waals surface area contributed by atoms with Crippen molar-refractivity contribution in [1.82, 2.24) is 10.2 Å². The molecule has 1 amide bonds. The summed E-state index contributed by atoms with van der Waals surface area (Å²) in [5.41, 5.74) is 2.83. The summed E-state index contributed by atoms with van der Waals surface area (Å²) in [6, 6.07) is 6.26. The van der Waals surface area contributed by atoms with Gasteiger partial charge in [-0.25, -0.2) is 0 Å². The summed E-state index contributed by atoms with van der Waals surface area (Å²) in [5, 5.41) is 2.97. The molecule has 0 bridgehead atoms. The number of hydrogen-bond donors (Lipinski definition) is 1. The third-order valence-corrected chi connectivity index (χ3v) is 5.54. The molecule has 0 saturated carbocycles. The third kappa shape index (κ3) is 5.74. The molecular formula is C21H32N2O2. The number of nitrogens with one attached hydrogen (secondary N) is 1. The van der Waals surface area contributed by atoms with Crippen LogP contribution in [0.4, 0.5) is 0 Å². The predicted octanol–water partition coefficient (Wildman–Crippen LogP) is 3.18. The van der Waals surface area contributed by atoms with Gasteiger partial charge in [-0.2, -0.15) is 0 Å². The van der Waals surface area contributed by atoms with Gasteiger partial charge in [0.1, 0.15) is 5.75 Å². The highest BCUT2D eigenvalue weighted by Gasteiger charge is 2.15. The van der Waals surface area contributed by atoms with Crippen LogP contribution >= 0.6 is 0 Å². The average Bonchev–Trinajstić information content (AvgIpc) is 2.65. The molecule has 0 unspecified atom stereocenters. The molecule has 0 atom stereocenters. The SMILES string of the molecule is CC1CCN(CCCNC(=O)COc2ccc3c(c2)CCCC3)CC1. The number of aryl methyl sites for hydroxylation is 2. The molecule has 1 aromatic carbocycles. The number of fused-ring (bicyclic) bond motifs is 1. The Morgan fingerprint density at radius 1 is 1.20 bits per heavy atom. The van der Waals surface area contributed by atoms with Crippen molar-refractivity contribution in [1.29, 1.82) is 0 Å². The zero-order valence-corrected chi connectivity index (χ0v) is 15.6. The van der Waals surface area contributed by atoms with Crippen molar-refractivity contribution in [2.75, 3.05) is 32.8 Å². The minimum Gasteiger partial charge on any atom is -0.484 e. The van der Waals surface area contributed by atoms with Gasteiger partial charge in [0.15, 0.2) is 6.61 Å². The summed E-state index contributed by atoms with van der Waals surface area (Å²) in [5.74, 6) is 1.67. The van der Waals surface area contributed by atoms with Gasteiger partial charge in [-0.3, -0.25) is 4.79 Å². The summed E-state index contributed by atoms with van der Waals surface area (Å²) in [4.78, 5) is 14.5. The first-order valence-electron chi connectivity index (χ1n) is 9.94. The maximum Gasteiger partial charge on any atom is 0.257 e. The van der Waals surface area contributed by atoms with E-state index >= 15 is 0 Å². The Balaban J connectivity index is 1.30. The van der Waals surface area contributed by atoms with Crippen molar-refractivity contribution in [2.24, 2.45) is 5.92 Å². The third-order valence-electron chi connectivity index (χ3n) is 5.54. The maximum absolute atomic E-state index is 11.9. The monoisotopic (exact) mass is 344 g/mol. The van der Waals surface area contributed by atoms with E-state index in [2.05, 4.69) is 29.3 Å². The molecule has 1 N–H and O–H groups in total. The summed E-state index contributed by atoms with van der Waals surface area (Å²) in [6.07, 6.45) is 8.47. The lowest BCUT2D eigenvalue weighted by atomic mass is 9.92. The second-order valence-electron chi connectivity index (χ2n) is 7.65. The maximum atomic E-state index is 11.9. The molecule has 2 aliphatic rings. The lowest BCUT2D eigenvalue weighted by molar-refractivity contribution is -0.123. The van der Waals surface area contributed by atoms with E-state index in [-0.39, 0.29) is 12.5 Å². The highest BCUT2D eigenvalue weighted by molar-refractivity contribution is 5.77. The molecule has 4 heteroatoms. The van der Waals surface area contributed by atoms with Crippen molar-refractivity contribution in [2.45, 2.75) is 51.9 Å². The standard InChI is InChI=1S/C21H32N2O2/c1-17-9-13-23(14-10-17)12-4-11-22-21(24)16-25-20-8-7-18-5-2-3-6-19(18)15-20/h7-8,15,17H,2-6,9-14,16H2,1H3,(H,22,24). The molecule has 25 heavy (non-hydrogen) atoms. The van der Waals surface area contributed by atoms with Gasteiger partial charge in [-0.15, -0.1) is 0 Å². The smallest absolute Gasteiger partial charge is 0.257 e. The van der Waals surface area contributed by atoms with Crippen LogP contribution < -0.4 is 10.1 Å². The summed E-state index contributed by atoms with van der Waals surface area (Å²) in [7, 11) is 0. The van der Waals surface area contributed by atoms with Crippen LogP contribution in [-0.2, 0) is 17.6 Å². The number of rotatable bonds is 7. The van der Waals surface area contributed by atoms with Gasteiger partial charge < -0.3 is 15.0 Å². The Kier molecular flexibility index (Phi) is 6.74. The van der Waals surface area contributed by atoms with E-state index in [1.807, 2.05) is 6.07 Å². The van der Waals surface area contributed by atoms with Crippen LogP contribution in [0.25, 0.3) is 0 Å². The molecule has 1 heterocycles. The van der Waals surface area contributed by atoms with Crippen molar-refractivity contribution >= 4 is 5.91 Å². The minimum atomic E-state index is -0.0232. The van der Waals surface area contributed by atoms with Crippen LogP contribution in [-0.4, -0.2) is 43.6 Å². The number of amides is 1. The normalized spacial score (nSPS) is 18.6. The molecule has 4 nitrogen and oxygen atoms in total. The van der Waals surface area contributed by atoms with E-state index in [1.54, 1.807) is 0 Å². The zero-order valence-electron chi connectivity index (χ0n) is 15.6. The molecule has 0 spiro atoms. The lowest BCUT2D eigenvalue weighted by Crippen LogP contribution is -2.36. The topological polar surface area (TPSA) is 41.6 Å². The van der Waals surface area contributed by atoms with Crippen LogP contribution in [0.1, 0.15) is 50.2 Å². The summed E-state index contributed by atoms with van der Waals surface area (Å²) < 4.78 is 5.67. The Morgan fingerprint density at radius 2 is 1.96 bits per heavy atom. The second kappa shape index (κ2) is 9.23. The average molecular weight is 344 g/mol. The number of hydrogen-bond acceptors (Lipinski definition) is 3. The fourth-order valence-electron chi connectivity index (χ4n) is 3.82. The Hall–Kier alpha value is -1.55. The highest BCUT2D eigenvalue weighted by Crippen LogP contribution is 2.25. The fourth-order valence-corrected chi connectivity index (χ4v) is 3.82.